The van der Waals surface area contributed by atoms with Crippen LogP contribution in [0, 0.1) is 5.92 Å². The molecule has 2 aromatic carbocycles. The van der Waals surface area contributed by atoms with Crippen LogP contribution in [-0.4, -0.2) is 77.8 Å². The number of rotatable bonds is 4. The highest BCUT2D eigenvalue weighted by Crippen LogP contribution is 2.30. The standard InChI is InChI=1S/C27H36N4O2/c1-21-15-26(20-28(17-21)18-22-5-3-2-4-6-22)31-10-9-23-16-25(8-7-24(23)19-31)29-11-13-30(14-12-29)27(32)33/h2-8,16,21,26H,9-15,17-20H2,1H3,(H,32,33). The van der Waals surface area contributed by atoms with Crippen LogP contribution in [0.4, 0.5) is 10.5 Å². The van der Waals surface area contributed by atoms with E-state index in [1.807, 2.05) is 0 Å². The van der Waals surface area contributed by atoms with Gasteiger partial charge in [-0.05, 0) is 47.6 Å². The van der Waals surface area contributed by atoms with Gasteiger partial charge in [0.15, 0.2) is 0 Å². The van der Waals surface area contributed by atoms with E-state index in [-0.39, 0.29) is 0 Å². The molecule has 0 bridgehead atoms. The number of hydrogen-bond acceptors (Lipinski definition) is 4. The lowest BCUT2D eigenvalue weighted by Crippen LogP contribution is -2.51. The van der Waals surface area contributed by atoms with Crippen molar-refractivity contribution in [1.29, 1.82) is 0 Å². The molecule has 2 unspecified atom stereocenters. The molecule has 2 atom stereocenters. The quantitative estimate of drug-likeness (QED) is 0.772. The Hall–Kier alpha value is -2.57. The summed E-state index contributed by atoms with van der Waals surface area (Å²) in [5.41, 5.74) is 5.58. The van der Waals surface area contributed by atoms with Crippen LogP contribution in [0.2, 0.25) is 0 Å². The zero-order valence-electron chi connectivity index (χ0n) is 19.7. The topological polar surface area (TPSA) is 50.3 Å². The number of carboxylic acid groups (broad SMARTS) is 1. The average Bonchev–Trinajstić information content (AvgIpc) is 2.84. The van der Waals surface area contributed by atoms with Crippen molar-refractivity contribution >= 4 is 11.8 Å². The minimum Gasteiger partial charge on any atom is -0.465 e. The van der Waals surface area contributed by atoms with Crippen molar-refractivity contribution in [3.63, 3.8) is 0 Å². The lowest BCUT2D eigenvalue weighted by atomic mass is 9.91. The Kier molecular flexibility index (Phi) is 6.56. The number of carbonyl (C=O) groups is 1. The first-order valence-corrected chi connectivity index (χ1v) is 12.4. The lowest BCUT2D eigenvalue weighted by Gasteiger charge is -2.44. The van der Waals surface area contributed by atoms with Gasteiger partial charge in [0.05, 0.1) is 0 Å². The van der Waals surface area contributed by atoms with Gasteiger partial charge in [0.1, 0.15) is 0 Å². The molecule has 1 N–H and O–H groups in total. The summed E-state index contributed by atoms with van der Waals surface area (Å²) < 4.78 is 0. The number of fused-ring (bicyclic) bond motifs is 1. The van der Waals surface area contributed by atoms with E-state index in [0.717, 1.165) is 51.6 Å². The van der Waals surface area contributed by atoms with E-state index < -0.39 is 6.09 Å². The average molecular weight is 449 g/mol. The predicted octanol–water partition coefficient (Wildman–Crippen LogP) is 3.76. The van der Waals surface area contributed by atoms with Gasteiger partial charge in [-0.1, -0.05) is 43.3 Å². The molecule has 2 saturated heterocycles. The van der Waals surface area contributed by atoms with Gasteiger partial charge < -0.3 is 14.9 Å². The van der Waals surface area contributed by atoms with Gasteiger partial charge in [-0.25, -0.2) is 4.79 Å². The largest absolute Gasteiger partial charge is 0.465 e. The molecule has 0 aromatic heterocycles. The maximum atomic E-state index is 11.2. The Labute approximate surface area is 197 Å². The number of benzene rings is 2. The van der Waals surface area contributed by atoms with Crippen molar-refractivity contribution in [2.45, 2.75) is 38.9 Å². The van der Waals surface area contributed by atoms with Gasteiger partial charge in [-0.3, -0.25) is 9.80 Å². The van der Waals surface area contributed by atoms with Crippen LogP contribution in [-0.2, 0) is 19.5 Å². The van der Waals surface area contributed by atoms with Crippen molar-refractivity contribution in [2.75, 3.05) is 50.7 Å². The van der Waals surface area contributed by atoms with Crippen LogP contribution in [0.3, 0.4) is 0 Å². The fraction of sp³-hybridized carbons (Fsp3) is 0.519. The van der Waals surface area contributed by atoms with Gasteiger partial charge in [0, 0.05) is 70.6 Å². The zero-order chi connectivity index (χ0) is 22.8. The highest BCUT2D eigenvalue weighted by molar-refractivity contribution is 5.65. The zero-order valence-corrected chi connectivity index (χ0v) is 19.7. The normalized spacial score (nSPS) is 24.5. The van der Waals surface area contributed by atoms with Gasteiger partial charge in [0.25, 0.3) is 0 Å². The smallest absolute Gasteiger partial charge is 0.407 e. The third-order valence-corrected chi connectivity index (χ3v) is 7.63. The predicted molar refractivity (Wildman–Crippen MR) is 132 cm³/mol. The van der Waals surface area contributed by atoms with Crippen LogP contribution < -0.4 is 4.90 Å². The van der Waals surface area contributed by atoms with Crippen LogP contribution in [0.15, 0.2) is 48.5 Å². The van der Waals surface area contributed by atoms with Crippen molar-refractivity contribution in [2.24, 2.45) is 5.92 Å². The molecular formula is C27H36N4O2. The van der Waals surface area contributed by atoms with Crippen LogP contribution >= 0.6 is 0 Å². The number of likely N-dealkylation sites (tertiary alicyclic amines) is 1. The van der Waals surface area contributed by atoms with Crippen LogP contribution in [0.25, 0.3) is 0 Å². The summed E-state index contributed by atoms with van der Waals surface area (Å²) in [6, 6.07) is 18.4. The summed E-state index contributed by atoms with van der Waals surface area (Å²) in [5.74, 6) is 0.723. The fourth-order valence-electron chi connectivity index (χ4n) is 5.89. The number of nitrogens with zero attached hydrogens (tertiary/aromatic N) is 4. The number of piperazine rings is 1. The summed E-state index contributed by atoms with van der Waals surface area (Å²) in [6.45, 7) is 10.7. The Balaban J connectivity index is 1.21. The van der Waals surface area contributed by atoms with Crippen molar-refractivity contribution in [3.8, 4) is 0 Å². The number of amides is 1. The molecule has 6 nitrogen and oxygen atoms in total. The SMILES string of the molecule is CC1CC(N2CCc3cc(N4CCN(C(=O)O)CC4)ccc3C2)CN(Cc2ccccc2)C1. The van der Waals surface area contributed by atoms with E-state index in [9.17, 15) is 9.90 Å². The van der Waals surface area contributed by atoms with Gasteiger partial charge in [-0.15, -0.1) is 0 Å². The molecule has 0 aliphatic carbocycles. The number of piperidine rings is 1. The third-order valence-electron chi connectivity index (χ3n) is 7.63. The molecule has 3 aliphatic heterocycles. The van der Waals surface area contributed by atoms with E-state index in [0.29, 0.717) is 19.1 Å². The minimum atomic E-state index is -0.806. The molecule has 2 fully saturated rings. The molecule has 0 saturated carbocycles. The van der Waals surface area contributed by atoms with Crippen LogP contribution in [0.5, 0.6) is 0 Å². The van der Waals surface area contributed by atoms with E-state index in [1.54, 1.807) is 0 Å². The summed E-state index contributed by atoms with van der Waals surface area (Å²) in [5, 5.41) is 9.19. The maximum Gasteiger partial charge on any atom is 0.407 e. The molecule has 0 radical (unpaired) electrons. The number of anilines is 1. The van der Waals surface area contributed by atoms with Gasteiger partial charge in [-0.2, -0.15) is 0 Å². The first-order chi connectivity index (χ1) is 16.0. The highest BCUT2D eigenvalue weighted by Gasteiger charge is 2.31. The molecule has 33 heavy (non-hydrogen) atoms. The van der Waals surface area contributed by atoms with E-state index in [4.69, 9.17) is 0 Å². The summed E-state index contributed by atoms with van der Waals surface area (Å²) in [4.78, 5) is 20.4. The summed E-state index contributed by atoms with van der Waals surface area (Å²) in [6.07, 6.45) is 1.58. The Morgan fingerprint density at radius 1 is 0.970 bits per heavy atom. The molecule has 3 aliphatic rings. The third kappa shape index (κ3) is 5.17. The second-order valence-electron chi connectivity index (χ2n) is 10.1. The molecule has 6 heteroatoms. The lowest BCUT2D eigenvalue weighted by molar-refractivity contribution is 0.0589. The molecule has 0 spiro atoms. The van der Waals surface area contributed by atoms with Crippen LogP contribution in [0.1, 0.15) is 30.0 Å². The Morgan fingerprint density at radius 3 is 2.52 bits per heavy atom. The van der Waals surface area contributed by atoms with Crippen molar-refractivity contribution < 1.29 is 9.90 Å². The number of hydrogen-bond donors (Lipinski definition) is 1. The second-order valence-corrected chi connectivity index (χ2v) is 10.1. The first-order valence-electron chi connectivity index (χ1n) is 12.4. The maximum absolute atomic E-state index is 11.2. The highest BCUT2D eigenvalue weighted by atomic mass is 16.4. The second kappa shape index (κ2) is 9.74. The van der Waals surface area contributed by atoms with E-state index >= 15 is 0 Å². The molecular weight excluding hydrogens is 412 g/mol. The monoisotopic (exact) mass is 448 g/mol. The fourth-order valence-corrected chi connectivity index (χ4v) is 5.89. The molecule has 3 heterocycles. The Morgan fingerprint density at radius 2 is 1.76 bits per heavy atom. The molecule has 5 rings (SSSR count). The first kappa shape index (κ1) is 22.2. The molecule has 176 valence electrons. The summed E-state index contributed by atoms with van der Waals surface area (Å²) in [7, 11) is 0. The Bertz CT molecular complexity index is 958. The van der Waals surface area contributed by atoms with Gasteiger partial charge in [0.2, 0.25) is 0 Å². The van der Waals surface area contributed by atoms with Gasteiger partial charge >= 0.3 is 6.09 Å². The molecule has 1 amide bonds. The van der Waals surface area contributed by atoms with E-state index in [1.165, 1.54) is 40.2 Å². The molecule has 2 aromatic rings. The van der Waals surface area contributed by atoms with Crippen molar-refractivity contribution in [1.82, 2.24) is 14.7 Å². The van der Waals surface area contributed by atoms with E-state index in [2.05, 4.69) is 70.2 Å². The van der Waals surface area contributed by atoms with Crippen molar-refractivity contribution in [3.05, 3.63) is 65.2 Å². The summed E-state index contributed by atoms with van der Waals surface area (Å²) >= 11 is 0. The minimum absolute atomic E-state index is 0.583.